The van der Waals surface area contributed by atoms with Crippen molar-refractivity contribution in [3.05, 3.63) is 35.9 Å². The Balaban J connectivity index is 2.51. The molecule has 0 radical (unpaired) electrons. The summed E-state index contributed by atoms with van der Waals surface area (Å²) in [5, 5.41) is 0. The highest BCUT2D eigenvalue weighted by Gasteiger charge is 2.13. The molecule has 0 saturated carbocycles. The number of nitrogens with two attached hydrogens (primary N) is 1. The van der Waals surface area contributed by atoms with Crippen LogP contribution in [0.3, 0.4) is 0 Å². The Morgan fingerprint density at radius 3 is 2.17 bits per heavy atom. The van der Waals surface area contributed by atoms with Crippen LogP contribution in [0.2, 0.25) is 0 Å². The van der Waals surface area contributed by atoms with Crippen LogP contribution in [-0.2, 0) is 6.54 Å². The van der Waals surface area contributed by atoms with Crippen LogP contribution in [0.1, 0.15) is 39.7 Å². The molecule has 0 aromatic heterocycles. The normalized spacial score (nSPS) is 13.6. The number of hydrogen-bond acceptors (Lipinski definition) is 2. The summed E-state index contributed by atoms with van der Waals surface area (Å²) < 4.78 is 0. The first kappa shape index (κ1) is 15.2. The van der Waals surface area contributed by atoms with Gasteiger partial charge in [-0.25, -0.2) is 0 Å². The zero-order valence-corrected chi connectivity index (χ0v) is 12.3. The largest absolute Gasteiger partial charge is 0.327 e. The quantitative estimate of drug-likeness (QED) is 0.802. The monoisotopic (exact) mass is 248 g/mol. The SMILES string of the molecule is CC(C)[C@H](N)CCN(Cc1ccccc1)C(C)C. The zero-order chi connectivity index (χ0) is 13.5. The van der Waals surface area contributed by atoms with E-state index in [1.165, 1.54) is 5.56 Å². The summed E-state index contributed by atoms with van der Waals surface area (Å²) in [5.41, 5.74) is 7.51. The van der Waals surface area contributed by atoms with Crippen molar-refractivity contribution in [3.63, 3.8) is 0 Å². The van der Waals surface area contributed by atoms with Crippen LogP contribution in [-0.4, -0.2) is 23.5 Å². The molecule has 18 heavy (non-hydrogen) atoms. The van der Waals surface area contributed by atoms with Gasteiger partial charge in [-0.3, -0.25) is 4.90 Å². The van der Waals surface area contributed by atoms with E-state index in [0.29, 0.717) is 18.0 Å². The maximum absolute atomic E-state index is 6.13. The van der Waals surface area contributed by atoms with Gasteiger partial charge in [-0.05, 0) is 31.7 Å². The first-order valence-corrected chi connectivity index (χ1v) is 7.04. The van der Waals surface area contributed by atoms with Gasteiger partial charge in [0.25, 0.3) is 0 Å². The first-order valence-electron chi connectivity index (χ1n) is 7.04. The third-order valence-electron chi connectivity index (χ3n) is 3.56. The van der Waals surface area contributed by atoms with Crippen molar-refractivity contribution in [2.45, 2.75) is 52.7 Å². The highest BCUT2D eigenvalue weighted by molar-refractivity contribution is 5.14. The van der Waals surface area contributed by atoms with E-state index in [0.717, 1.165) is 19.5 Å². The summed E-state index contributed by atoms with van der Waals surface area (Å²) in [4.78, 5) is 2.50. The summed E-state index contributed by atoms with van der Waals surface area (Å²) in [6.07, 6.45) is 1.07. The second-order valence-corrected chi connectivity index (χ2v) is 5.75. The molecule has 0 bridgehead atoms. The average molecular weight is 248 g/mol. The van der Waals surface area contributed by atoms with E-state index < -0.39 is 0 Å². The summed E-state index contributed by atoms with van der Waals surface area (Å²) in [6, 6.07) is 11.5. The molecule has 0 fully saturated rings. The molecule has 2 heteroatoms. The Kier molecular flexibility index (Phi) is 6.37. The molecule has 2 N–H and O–H groups in total. The number of benzene rings is 1. The third-order valence-corrected chi connectivity index (χ3v) is 3.56. The second-order valence-electron chi connectivity index (χ2n) is 5.75. The summed E-state index contributed by atoms with van der Waals surface area (Å²) >= 11 is 0. The van der Waals surface area contributed by atoms with Crippen molar-refractivity contribution < 1.29 is 0 Å². The minimum Gasteiger partial charge on any atom is -0.327 e. The van der Waals surface area contributed by atoms with Crippen LogP contribution >= 0.6 is 0 Å². The fourth-order valence-electron chi connectivity index (χ4n) is 1.99. The zero-order valence-electron chi connectivity index (χ0n) is 12.3. The Morgan fingerprint density at radius 1 is 1.06 bits per heavy atom. The molecular weight excluding hydrogens is 220 g/mol. The molecule has 0 aliphatic rings. The molecule has 0 aliphatic heterocycles. The highest BCUT2D eigenvalue weighted by Crippen LogP contribution is 2.11. The number of rotatable bonds is 7. The Hall–Kier alpha value is -0.860. The Morgan fingerprint density at radius 2 is 1.67 bits per heavy atom. The molecular formula is C16H28N2. The summed E-state index contributed by atoms with van der Waals surface area (Å²) in [7, 11) is 0. The summed E-state index contributed by atoms with van der Waals surface area (Å²) in [6.45, 7) is 11.0. The molecule has 0 saturated heterocycles. The molecule has 1 rings (SSSR count). The second kappa shape index (κ2) is 7.55. The van der Waals surface area contributed by atoms with Crippen molar-refractivity contribution in [2.75, 3.05) is 6.54 Å². The lowest BCUT2D eigenvalue weighted by molar-refractivity contribution is 0.199. The van der Waals surface area contributed by atoms with Crippen LogP contribution in [0.5, 0.6) is 0 Å². The van der Waals surface area contributed by atoms with Gasteiger partial charge in [-0.2, -0.15) is 0 Å². The van der Waals surface area contributed by atoms with Crippen LogP contribution in [0.4, 0.5) is 0 Å². The van der Waals surface area contributed by atoms with E-state index in [9.17, 15) is 0 Å². The lowest BCUT2D eigenvalue weighted by atomic mass is 10.0. The van der Waals surface area contributed by atoms with Crippen molar-refractivity contribution in [3.8, 4) is 0 Å². The van der Waals surface area contributed by atoms with Crippen molar-refractivity contribution in [1.29, 1.82) is 0 Å². The van der Waals surface area contributed by atoms with Gasteiger partial charge in [0.1, 0.15) is 0 Å². The van der Waals surface area contributed by atoms with Crippen LogP contribution in [0, 0.1) is 5.92 Å². The molecule has 102 valence electrons. The maximum Gasteiger partial charge on any atom is 0.0236 e. The minimum atomic E-state index is 0.307. The van der Waals surface area contributed by atoms with Crippen molar-refractivity contribution in [2.24, 2.45) is 11.7 Å². The van der Waals surface area contributed by atoms with Crippen LogP contribution in [0.25, 0.3) is 0 Å². The topological polar surface area (TPSA) is 29.3 Å². The fourth-order valence-corrected chi connectivity index (χ4v) is 1.99. The standard InChI is InChI=1S/C16H28N2/c1-13(2)16(17)10-11-18(14(3)4)12-15-8-6-5-7-9-15/h5-9,13-14,16H,10-12,17H2,1-4H3/t16-/m1/s1. The van der Waals surface area contributed by atoms with E-state index in [-0.39, 0.29) is 0 Å². The smallest absolute Gasteiger partial charge is 0.0236 e. The number of hydrogen-bond donors (Lipinski definition) is 1. The van der Waals surface area contributed by atoms with Crippen LogP contribution < -0.4 is 5.73 Å². The van der Waals surface area contributed by atoms with E-state index in [1.807, 2.05) is 0 Å². The Labute approximate surface area is 112 Å². The van der Waals surface area contributed by atoms with Gasteiger partial charge in [-0.1, -0.05) is 44.2 Å². The average Bonchev–Trinajstić information content (AvgIpc) is 2.34. The molecule has 0 spiro atoms. The van der Waals surface area contributed by atoms with Crippen molar-refractivity contribution >= 4 is 0 Å². The molecule has 2 nitrogen and oxygen atoms in total. The fraction of sp³-hybridized carbons (Fsp3) is 0.625. The van der Waals surface area contributed by atoms with Gasteiger partial charge in [0, 0.05) is 25.2 Å². The Bertz CT molecular complexity index is 319. The third kappa shape index (κ3) is 5.19. The molecule has 1 aromatic carbocycles. The van der Waals surface area contributed by atoms with Gasteiger partial charge in [0.2, 0.25) is 0 Å². The van der Waals surface area contributed by atoms with Crippen molar-refractivity contribution in [1.82, 2.24) is 4.90 Å². The molecule has 1 atom stereocenters. The van der Waals surface area contributed by atoms with E-state index in [2.05, 4.69) is 62.9 Å². The molecule has 0 aliphatic carbocycles. The maximum atomic E-state index is 6.13. The van der Waals surface area contributed by atoms with Crippen LogP contribution in [0.15, 0.2) is 30.3 Å². The first-order chi connectivity index (χ1) is 8.50. The minimum absolute atomic E-state index is 0.307. The predicted molar refractivity (Wildman–Crippen MR) is 79.4 cm³/mol. The predicted octanol–water partition coefficient (Wildman–Crippen LogP) is 3.27. The van der Waals surface area contributed by atoms with E-state index >= 15 is 0 Å². The molecule has 1 aromatic rings. The van der Waals surface area contributed by atoms with E-state index in [4.69, 9.17) is 5.73 Å². The van der Waals surface area contributed by atoms with Gasteiger partial charge in [-0.15, -0.1) is 0 Å². The highest BCUT2D eigenvalue weighted by atomic mass is 15.1. The lowest BCUT2D eigenvalue weighted by Gasteiger charge is -2.28. The number of nitrogens with zero attached hydrogens (tertiary/aromatic N) is 1. The van der Waals surface area contributed by atoms with E-state index in [1.54, 1.807) is 0 Å². The van der Waals surface area contributed by atoms with Gasteiger partial charge in [0.15, 0.2) is 0 Å². The lowest BCUT2D eigenvalue weighted by Crippen LogP contribution is -2.36. The van der Waals surface area contributed by atoms with Gasteiger partial charge < -0.3 is 5.73 Å². The molecule has 0 amide bonds. The molecule has 0 unspecified atom stereocenters. The molecule has 0 heterocycles. The summed E-state index contributed by atoms with van der Waals surface area (Å²) in [5.74, 6) is 0.565. The van der Waals surface area contributed by atoms with Gasteiger partial charge >= 0.3 is 0 Å². The van der Waals surface area contributed by atoms with Gasteiger partial charge in [0.05, 0.1) is 0 Å².